The number of hydrogen-bond acceptors (Lipinski definition) is 0. The van der Waals surface area contributed by atoms with E-state index in [0.717, 1.165) is 0 Å². The zero-order valence-corrected chi connectivity index (χ0v) is 2.37. The molecule has 1 radical (unpaired) electrons. The van der Waals surface area contributed by atoms with Gasteiger partial charge < -0.3 is 11.0 Å². The maximum absolute atomic E-state index is 0. The van der Waals surface area contributed by atoms with Crippen molar-refractivity contribution in [2.45, 2.75) is 7.43 Å². The largest absolute Gasteiger partial charge is 2.00 e. The Morgan fingerprint density at radius 3 is 0.750 bits per heavy atom. The molecule has 31 valence electrons. The third-order valence-electron chi connectivity index (χ3n) is 0. The van der Waals surface area contributed by atoms with E-state index >= 15 is 0 Å². The van der Waals surface area contributed by atoms with Crippen LogP contribution in [0.2, 0.25) is 0 Å². The van der Waals surface area contributed by atoms with Gasteiger partial charge in [-0.2, -0.15) is 0 Å². The van der Waals surface area contributed by atoms with Crippen molar-refractivity contribution in [3.63, 3.8) is 0 Å². The van der Waals surface area contributed by atoms with Crippen molar-refractivity contribution >= 4 is 0 Å². The van der Waals surface area contributed by atoms with Crippen molar-refractivity contribution in [3.8, 4) is 0 Å². The molecule has 0 aliphatic carbocycles. The molecule has 0 spiro atoms. The van der Waals surface area contributed by atoms with E-state index in [4.69, 9.17) is 0 Å². The van der Waals surface area contributed by atoms with E-state index in [2.05, 4.69) is 0 Å². The van der Waals surface area contributed by atoms with Crippen molar-refractivity contribution < 1.29 is 28.0 Å². The molecule has 0 heterocycles. The van der Waals surface area contributed by atoms with Crippen molar-refractivity contribution in [3.05, 3.63) is 0 Å². The molecule has 0 N–H and O–H groups in total. The minimum atomic E-state index is 0. The molecule has 0 saturated heterocycles. The molecular weight excluding hydrogens is 98.9 g/mol. The topological polar surface area (TPSA) is 57.0 Å². The van der Waals surface area contributed by atoms with Crippen LogP contribution in [0.15, 0.2) is 0 Å². The Bertz CT molecular complexity index is 6.00. The first-order valence-electron chi connectivity index (χ1n) is 0. The van der Waals surface area contributed by atoms with Crippen LogP contribution < -0.4 is 0 Å². The summed E-state index contributed by atoms with van der Waals surface area (Å²) in [7, 11) is 0. The van der Waals surface area contributed by atoms with Gasteiger partial charge in [-0.3, -0.25) is 0 Å². The van der Waals surface area contributed by atoms with Crippen LogP contribution in [0.25, 0.3) is 0 Å². The number of rotatable bonds is 0. The van der Waals surface area contributed by atoms with Gasteiger partial charge >= 0.3 is 0 Å². The van der Waals surface area contributed by atoms with E-state index < -0.39 is 0 Å². The molecule has 0 unspecified atom stereocenters. The second-order valence-electron chi connectivity index (χ2n) is 0. The van der Waals surface area contributed by atoms with E-state index in [1.165, 1.54) is 0 Å². The molecule has 0 bridgehead atoms. The number of hydrogen-bond donors (Lipinski definition) is 0. The summed E-state index contributed by atoms with van der Waals surface area (Å²) in [6.45, 7) is 0. The molecule has 0 amide bonds. The van der Waals surface area contributed by atoms with Crippen LogP contribution in [0.3, 0.4) is 0 Å². The van der Waals surface area contributed by atoms with Gasteiger partial charge in [-0.05, 0) is 0 Å². The summed E-state index contributed by atoms with van der Waals surface area (Å²) in [5, 5.41) is 0. The molecule has 0 aromatic rings. The quantitative estimate of drug-likeness (QED) is 0.398. The van der Waals surface area contributed by atoms with Crippen LogP contribution in [0.1, 0.15) is 7.43 Å². The van der Waals surface area contributed by atoms with Crippen molar-refractivity contribution in [2.75, 3.05) is 0 Å². The molecule has 0 saturated carbocycles. The first kappa shape index (κ1) is 272. The SMILES string of the molecule is C.[Mn].[O-2].[O-2]. The average Bonchev–Trinajstić information content (AvgIpc) is 0. The molecule has 0 aliphatic rings. The fraction of sp³-hybridized carbons (Fsp3) is 1.00. The van der Waals surface area contributed by atoms with Crippen molar-refractivity contribution in [2.24, 2.45) is 0 Å². The average molecular weight is 103 g/mol. The predicted octanol–water partition coefficient (Wildman–Crippen LogP) is 0.396. The fourth-order valence-electron chi connectivity index (χ4n) is 0. The van der Waals surface area contributed by atoms with Gasteiger partial charge in [0.25, 0.3) is 0 Å². The zero-order valence-electron chi connectivity index (χ0n) is 1.19. The Balaban J connectivity index is 0. The standard InChI is InChI=1S/CH4.Mn.2O/h1H4;;;/q;;2*-2. The predicted molar refractivity (Wildman–Crippen MR) is 8.10 cm³/mol. The van der Waals surface area contributed by atoms with Crippen LogP contribution in [0, 0.1) is 0 Å². The van der Waals surface area contributed by atoms with Crippen LogP contribution in [0.5, 0.6) is 0 Å². The van der Waals surface area contributed by atoms with Gasteiger partial charge in [-0.25, -0.2) is 0 Å². The molecule has 0 fully saturated rings. The third-order valence-corrected chi connectivity index (χ3v) is 0. The van der Waals surface area contributed by atoms with Gasteiger partial charge in [0.05, 0.1) is 0 Å². The Morgan fingerprint density at radius 2 is 0.750 bits per heavy atom. The van der Waals surface area contributed by atoms with Crippen LogP contribution in [-0.4, -0.2) is 0 Å². The molecule has 0 atom stereocenters. The molecule has 2 nitrogen and oxygen atoms in total. The monoisotopic (exact) mass is 103 g/mol. The van der Waals surface area contributed by atoms with Gasteiger partial charge in [-0.15, -0.1) is 0 Å². The minimum absolute atomic E-state index is 0. The molecule has 3 heteroatoms. The summed E-state index contributed by atoms with van der Waals surface area (Å²) < 4.78 is 0. The maximum Gasteiger partial charge on any atom is 0 e. The fourth-order valence-corrected chi connectivity index (χ4v) is 0. The maximum atomic E-state index is 0. The summed E-state index contributed by atoms with van der Waals surface area (Å²) in [5.41, 5.74) is 0. The molecule has 0 rings (SSSR count). The summed E-state index contributed by atoms with van der Waals surface area (Å²) in [6.07, 6.45) is 0. The van der Waals surface area contributed by atoms with Crippen LogP contribution in [-0.2, 0) is 28.0 Å². The van der Waals surface area contributed by atoms with E-state index in [1.807, 2.05) is 0 Å². The minimum Gasteiger partial charge on any atom is -2.00 e. The van der Waals surface area contributed by atoms with Crippen molar-refractivity contribution in [1.29, 1.82) is 0 Å². The van der Waals surface area contributed by atoms with E-state index in [0.29, 0.717) is 0 Å². The second kappa shape index (κ2) is 106. The molecule has 0 aromatic carbocycles. The smallest absolute Gasteiger partial charge is 0 e. The van der Waals surface area contributed by atoms with E-state index in [9.17, 15) is 0 Å². The van der Waals surface area contributed by atoms with Crippen LogP contribution in [0.4, 0.5) is 0 Å². The van der Waals surface area contributed by atoms with Gasteiger partial charge in [0.1, 0.15) is 0 Å². The Hall–Kier alpha value is 0.439. The molecule has 0 aromatic heterocycles. The van der Waals surface area contributed by atoms with E-state index in [-0.39, 0.29) is 35.4 Å². The summed E-state index contributed by atoms with van der Waals surface area (Å²) >= 11 is 0. The summed E-state index contributed by atoms with van der Waals surface area (Å²) in [5.74, 6) is 0. The Kier molecular flexibility index (Phi) is 7200. The Labute approximate surface area is 36.3 Å². The van der Waals surface area contributed by atoms with E-state index in [1.54, 1.807) is 0 Å². The zero-order chi connectivity index (χ0) is 0. The molecule has 0 aliphatic heterocycles. The normalized spacial score (nSPS) is 0. The first-order valence-corrected chi connectivity index (χ1v) is 0. The van der Waals surface area contributed by atoms with Crippen LogP contribution >= 0.6 is 0 Å². The van der Waals surface area contributed by atoms with Gasteiger partial charge in [0.2, 0.25) is 0 Å². The first-order chi connectivity index (χ1) is 0. The van der Waals surface area contributed by atoms with Gasteiger partial charge in [0.15, 0.2) is 0 Å². The molecule has 4 heavy (non-hydrogen) atoms. The second-order valence-corrected chi connectivity index (χ2v) is 0. The molecular formula is CH4MnO2-4. The van der Waals surface area contributed by atoms with Gasteiger partial charge in [-0.1, -0.05) is 7.43 Å². The Morgan fingerprint density at radius 1 is 0.750 bits per heavy atom. The van der Waals surface area contributed by atoms with Crippen molar-refractivity contribution in [1.82, 2.24) is 0 Å². The third kappa shape index (κ3) is 26.2. The summed E-state index contributed by atoms with van der Waals surface area (Å²) in [4.78, 5) is 0. The summed E-state index contributed by atoms with van der Waals surface area (Å²) in [6, 6.07) is 0. The van der Waals surface area contributed by atoms with Gasteiger partial charge in [0, 0.05) is 17.1 Å².